The number of amides is 2. The monoisotopic (exact) mass is 511 g/mol. The highest BCUT2D eigenvalue weighted by Gasteiger charge is 2.29. The number of carboxylic acid groups (broad SMARTS) is 1. The molecule has 1 atom stereocenters. The standard InChI is InChI=1S/C29H29N5O4/c1-33-17-21-15-20(11-12-22(21)30-25(29(33)38)16-27(35)36)28(37)34(14-13-19-7-3-2-4-8-19)18-26-31-23-9-5-6-10-24(23)32-26/h2-12,15,25,30H,13-14,16-18H2,1H3,(H,31,32)(H,35,36). The number of hydrogen-bond acceptors (Lipinski definition) is 5. The molecule has 3 aromatic carbocycles. The molecule has 0 saturated carbocycles. The van der Waals surface area contributed by atoms with Crippen LogP contribution in [0.2, 0.25) is 0 Å². The number of hydrogen-bond donors (Lipinski definition) is 3. The first kappa shape index (κ1) is 25.0. The Morgan fingerprint density at radius 2 is 1.84 bits per heavy atom. The number of carboxylic acids is 1. The molecule has 1 unspecified atom stereocenters. The molecular weight excluding hydrogens is 482 g/mol. The summed E-state index contributed by atoms with van der Waals surface area (Å²) in [5.74, 6) is -0.805. The lowest BCUT2D eigenvalue weighted by Gasteiger charge is -2.23. The smallest absolute Gasteiger partial charge is 0.305 e. The molecule has 0 bridgehead atoms. The van der Waals surface area contributed by atoms with Crippen molar-refractivity contribution in [3.8, 4) is 0 Å². The van der Waals surface area contributed by atoms with E-state index in [1.165, 1.54) is 4.90 Å². The molecule has 1 aromatic heterocycles. The van der Waals surface area contributed by atoms with Crippen molar-refractivity contribution in [2.24, 2.45) is 0 Å². The lowest BCUT2D eigenvalue weighted by atomic mass is 10.1. The molecule has 4 aromatic rings. The number of nitrogens with one attached hydrogen (secondary N) is 2. The van der Waals surface area contributed by atoms with Crippen molar-refractivity contribution in [1.29, 1.82) is 0 Å². The SMILES string of the molecule is CN1Cc2cc(C(=O)N(CCc3ccccc3)Cc3nc4ccccc4[nH]3)ccc2NC(CC(=O)O)C1=O. The van der Waals surface area contributed by atoms with Gasteiger partial charge >= 0.3 is 5.97 Å². The number of H-pyrrole nitrogens is 1. The summed E-state index contributed by atoms with van der Waals surface area (Å²) in [6.45, 7) is 1.08. The molecule has 0 fully saturated rings. The number of benzene rings is 3. The summed E-state index contributed by atoms with van der Waals surface area (Å²) >= 11 is 0. The van der Waals surface area contributed by atoms with Gasteiger partial charge in [-0.25, -0.2) is 4.98 Å². The van der Waals surface area contributed by atoms with Gasteiger partial charge in [-0.1, -0.05) is 42.5 Å². The number of aliphatic carboxylic acids is 1. The fraction of sp³-hybridized carbons (Fsp3) is 0.241. The molecule has 2 amide bonds. The van der Waals surface area contributed by atoms with Crippen LogP contribution in [0.3, 0.4) is 0 Å². The fourth-order valence-electron chi connectivity index (χ4n) is 4.77. The highest BCUT2D eigenvalue weighted by atomic mass is 16.4. The van der Waals surface area contributed by atoms with Gasteiger partial charge in [0.2, 0.25) is 5.91 Å². The van der Waals surface area contributed by atoms with Crippen molar-refractivity contribution in [2.75, 3.05) is 18.9 Å². The van der Waals surface area contributed by atoms with Crippen LogP contribution in [0.5, 0.6) is 0 Å². The number of aromatic amines is 1. The maximum atomic E-state index is 13.8. The third-order valence-corrected chi connectivity index (χ3v) is 6.72. The van der Waals surface area contributed by atoms with Crippen LogP contribution in [0.1, 0.15) is 33.7 Å². The number of anilines is 1. The first-order valence-electron chi connectivity index (χ1n) is 12.5. The van der Waals surface area contributed by atoms with Gasteiger partial charge in [0, 0.05) is 31.4 Å². The number of aromatic nitrogens is 2. The molecule has 3 N–H and O–H groups in total. The minimum atomic E-state index is -1.06. The molecule has 0 saturated heterocycles. The van der Waals surface area contributed by atoms with Crippen molar-refractivity contribution >= 4 is 34.5 Å². The largest absolute Gasteiger partial charge is 0.481 e. The van der Waals surface area contributed by atoms with Crippen LogP contribution < -0.4 is 5.32 Å². The number of likely N-dealkylation sites (N-methyl/N-ethyl adjacent to an activating group) is 1. The summed E-state index contributed by atoms with van der Waals surface area (Å²) < 4.78 is 0. The van der Waals surface area contributed by atoms with Crippen LogP contribution in [0.25, 0.3) is 11.0 Å². The van der Waals surface area contributed by atoms with Crippen molar-refractivity contribution in [1.82, 2.24) is 19.8 Å². The van der Waals surface area contributed by atoms with Crippen molar-refractivity contribution in [3.63, 3.8) is 0 Å². The third kappa shape index (κ3) is 5.51. The minimum Gasteiger partial charge on any atom is -0.481 e. The average molecular weight is 512 g/mol. The Morgan fingerprint density at radius 1 is 1.08 bits per heavy atom. The Hall–Kier alpha value is -4.66. The Morgan fingerprint density at radius 3 is 2.61 bits per heavy atom. The van der Waals surface area contributed by atoms with E-state index in [1.807, 2.05) is 54.6 Å². The van der Waals surface area contributed by atoms with Gasteiger partial charge < -0.3 is 25.2 Å². The van der Waals surface area contributed by atoms with Gasteiger partial charge in [-0.15, -0.1) is 0 Å². The second-order valence-corrected chi connectivity index (χ2v) is 9.52. The maximum Gasteiger partial charge on any atom is 0.305 e. The third-order valence-electron chi connectivity index (χ3n) is 6.72. The fourth-order valence-corrected chi connectivity index (χ4v) is 4.77. The molecule has 9 heteroatoms. The second-order valence-electron chi connectivity index (χ2n) is 9.52. The molecule has 2 heterocycles. The van der Waals surface area contributed by atoms with Crippen LogP contribution in [-0.4, -0.2) is 62.3 Å². The summed E-state index contributed by atoms with van der Waals surface area (Å²) in [5, 5.41) is 12.3. The van der Waals surface area contributed by atoms with E-state index in [-0.39, 0.29) is 24.8 Å². The van der Waals surface area contributed by atoms with Crippen molar-refractivity contribution in [2.45, 2.75) is 32.0 Å². The van der Waals surface area contributed by atoms with E-state index in [9.17, 15) is 19.5 Å². The van der Waals surface area contributed by atoms with E-state index in [1.54, 1.807) is 30.1 Å². The normalized spacial score (nSPS) is 15.0. The summed E-state index contributed by atoms with van der Waals surface area (Å²) in [6.07, 6.45) is 0.363. The van der Waals surface area contributed by atoms with Crippen LogP contribution >= 0.6 is 0 Å². The van der Waals surface area contributed by atoms with Gasteiger partial charge in [0.15, 0.2) is 0 Å². The molecular formula is C29H29N5O4. The average Bonchev–Trinajstić information content (AvgIpc) is 3.28. The summed E-state index contributed by atoms with van der Waals surface area (Å²) in [7, 11) is 1.64. The van der Waals surface area contributed by atoms with Gasteiger partial charge in [0.05, 0.1) is 24.0 Å². The first-order valence-corrected chi connectivity index (χ1v) is 12.5. The van der Waals surface area contributed by atoms with Crippen LogP contribution in [0.15, 0.2) is 72.8 Å². The van der Waals surface area contributed by atoms with E-state index in [4.69, 9.17) is 0 Å². The molecule has 0 spiro atoms. The molecule has 0 radical (unpaired) electrons. The van der Waals surface area contributed by atoms with E-state index < -0.39 is 12.0 Å². The van der Waals surface area contributed by atoms with E-state index >= 15 is 0 Å². The topological polar surface area (TPSA) is 119 Å². The molecule has 194 valence electrons. The van der Waals surface area contributed by atoms with Gasteiger partial charge in [-0.05, 0) is 47.9 Å². The van der Waals surface area contributed by atoms with E-state index in [0.29, 0.717) is 36.6 Å². The molecule has 9 nitrogen and oxygen atoms in total. The molecule has 1 aliphatic heterocycles. The summed E-state index contributed by atoms with van der Waals surface area (Å²) in [4.78, 5) is 49.0. The first-order chi connectivity index (χ1) is 18.4. The zero-order valence-electron chi connectivity index (χ0n) is 21.1. The van der Waals surface area contributed by atoms with Crippen LogP contribution in [0, 0.1) is 0 Å². The van der Waals surface area contributed by atoms with Gasteiger partial charge in [0.25, 0.3) is 5.91 Å². The molecule has 1 aliphatic rings. The summed E-state index contributed by atoms with van der Waals surface area (Å²) in [5.41, 5.74) is 4.79. The predicted molar refractivity (Wildman–Crippen MR) is 144 cm³/mol. The Labute approximate surface area is 220 Å². The molecule has 0 aliphatic carbocycles. The van der Waals surface area contributed by atoms with E-state index in [0.717, 1.165) is 22.2 Å². The Balaban J connectivity index is 1.42. The Kier molecular flexibility index (Phi) is 7.08. The number of carbonyl (C=O) groups is 3. The lowest BCUT2D eigenvalue weighted by Crippen LogP contribution is -2.39. The number of rotatable bonds is 8. The quantitative estimate of drug-likeness (QED) is 0.332. The van der Waals surface area contributed by atoms with Crippen LogP contribution in [-0.2, 0) is 29.1 Å². The van der Waals surface area contributed by atoms with Gasteiger partial charge in [0.1, 0.15) is 11.9 Å². The summed E-state index contributed by atoms with van der Waals surface area (Å²) in [6, 6.07) is 22.2. The zero-order chi connectivity index (χ0) is 26.6. The predicted octanol–water partition coefficient (Wildman–Crippen LogP) is 3.68. The van der Waals surface area contributed by atoms with E-state index in [2.05, 4.69) is 15.3 Å². The number of carbonyl (C=O) groups excluding carboxylic acids is 2. The highest BCUT2D eigenvalue weighted by Crippen LogP contribution is 2.26. The second kappa shape index (κ2) is 10.8. The van der Waals surface area contributed by atoms with Crippen molar-refractivity contribution in [3.05, 3.63) is 95.3 Å². The van der Waals surface area contributed by atoms with Crippen molar-refractivity contribution < 1.29 is 19.5 Å². The Bertz CT molecular complexity index is 1450. The number of fused-ring (bicyclic) bond motifs is 2. The van der Waals surface area contributed by atoms with Crippen LogP contribution in [0.4, 0.5) is 5.69 Å². The number of imidazole rings is 1. The zero-order valence-corrected chi connectivity index (χ0v) is 21.1. The van der Waals surface area contributed by atoms with Gasteiger partial charge in [-0.2, -0.15) is 0 Å². The maximum absolute atomic E-state index is 13.8. The lowest BCUT2D eigenvalue weighted by molar-refractivity contribution is -0.141. The van der Waals surface area contributed by atoms with Gasteiger partial charge in [-0.3, -0.25) is 14.4 Å². The highest BCUT2D eigenvalue weighted by molar-refractivity contribution is 5.96. The number of nitrogens with zero attached hydrogens (tertiary/aromatic N) is 3. The minimum absolute atomic E-state index is 0.149. The number of para-hydroxylation sites is 2. The molecule has 5 rings (SSSR count). The molecule has 38 heavy (non-hydrogen) atoms.